The van der Waals surface area contributed by atoms with E-state index < -0.39 is 0 Å². The van der Waals surface area contributed by atoms with Gasteiger partial charge in [-0.2, -0.15) is 0 Å². The van der Waals surface area contributed by atoms with E-state index >= 15 is 0 Å². The van der Waals surface area contributed by atoms with Gasteiger partial charge in [-0.1, -0.05) is 23.2 Å². The molecule has 0 aromatic heterocycles. The van der Waals surface area contributed by atoms with E-state index in [4.69, 9.17) is 33.7 Å². The highest BCUT2D eigenvalue weighted by Crippen LogP contribution is 2.25. The van der Waals surface area contributed by atoms with Crippen molar-refractivity contribution in [2.24, 2.45) is 0 Å². The Hall–Kier alpha value is -1.71. The van der Waals surface area contributed by atoms with Gasteiger partial charge in [0.05, 0.1) is 17.8 Å². The molecule has 5 heteroatoms. The van der Waals surface area contributed by atoms with Crippen LogP contribution in [-0.4, -0.2) is 12.9 Å². The molecule has 2 aromatic carbocycles. The summed E-state index contributed by atoms with van der Waals surface area (Å²) < 4.78 is 5.22. The summed E-state index contributed by atoms with van der Waals surface area (Å²) in [5.74, 6) is 0.553. The van der Waals surface area contributed by atoms with Gasteiger partial charge in [0.1, 0.15) is 5.75 Å². The van der Waals surface area contributed by atoms with Gasteiger partial charge < -0.3 is 10.5 Å². The molecule has 0 atom stereocenters. The Morgan fingerprint density at radius 3 is 2.60 bits per heavy atom. The van der Waals surface area contributed by atoms with Gasteiger partial charge >= 0.3 is 0 Å². The Morgan fingerprint density at radius 2 is 1.95 bits per heavy atom. The maximum absolute atomic E-state index is 12.3. The summed E-state index contributed by atoms with van der Waals surface area (Å²) in [5.41, 5.74) is 7.31. The summed E-state index contributed by atoms with van der Waals surface area (Å²) in [6.45, 7) is 0. The van der Waals surface area contributed by atoms with Gasteiger partial charge in [0.15, 0.2) is 5.78 Å². The van der Waals surface area contributed by atoms with Crippen molar-refractivity contribution in [1.82, 2.24) is 0 Å². The fraction of sp³-hybridized carbons (Fsp3) is 0.133. The summed E-state index contributed by atoms with van der Waals surface area (Å²) in [7, 11) is 1.55. The van der Waals surface area contributed by atoms with Crippen LogP contribution in [0.4, 0.5) is 5.69 Å². The molecule has 0 aliphatic rings. The van der Waals surface area contributed by atoms with Crippen molar-refractivity contribution >= 4 is 34.7 Å². The molecular weight excluding hydrogens is 297 g/mol. The standard InChI is InChI=1S/C15H13Cl2NO2/c1-20-15-5-3-11(16)6-10(15)8-14(19)9-2-4-13(18)12(17)7-9/h2-7H,8,18H2,1H3. The number of Topliss-reactive ketones (excluding diaryl/α,β-unsaturated/α-hetero) is 1. The molecule has 3 nitrogen and oxygen atoms in total. The second kappa shape index (κ2) is 6.16. The number of methoxy groups -OCH3 is 1. The number of nitrogen functional groups attached to an aromatic ring is 1. The van der Waals surface area contributed by atoms with E-state index in [9.17, 15) is 4.79 Å². The van der Waals surface area contributed by atoms with Gasteiger partial charge in [-0.15, -0.1) is 0 Å². The molecule has 104 valence electrons. The van der Waals surface area contributed by atoms with Crippen LogP contribution in [0.15, 0.2) is 36.4 Å². The smallest absolute Gasteiger partial charge is 0.167 e. The molecule has 2 N–H and O–H groups in total. The van der Waals surface area contributed by atoms with Crippen molar-refractivity contribution in [3.8, 4) is 5.75 Å². The van der Waals surface area contributed by atoms with E-state index in [1.54, 1.807) is 43.5 Å². The predicted octanol–water partition coefficient (Wildman–Crippen LogP) is 4.01. The highest BCUT2D eigenvalue weighted by Gasteiger charge is 2.12. The third kappa shape index (κ3) is 3.24. The molecule has 0 saturated heterocycles. The number of hydrogen-bond acceptors (Lipinski definition) is 3. The van der Waals surface area contributed by atoms with Crippen molar-refractivity contribution in [3.63, 3.8) is 0 Å². The Morgan fingerprint density at radius 1 is 1.20 bits per heavy atom. The maximum Gasteiger partial charge on any atom is 0.167 e. The SMILES string of the molecule is COc1ccc(Cl)cc1CC(=O)c1ccc(N)c(Cl)c1. The molecule has 0 spiro atoms. The second-order valence-corrected chi connectivity index (χ2v) is 5.14. The number of ether oxygens (including phenoxy) is 1. The van der Waals surface area contributed by atoms with Crippen LogP contribution in [0.25, 0.3) is 0 Å². The average molecular weight is 310 g/mol. The maximum atomic E-state index is 12.3. The first-order valence-corrected chi connectivity index (χ1v) is 6.67. The number of halogens is 2. The van der Waals surface area contributed by atoms with E-state index in [-0.39, 0.29) is 12.2 Å². The number of rotatable bonds is 4. The molecule has 20 heavy (non-hydrogen) atoms. The number of carbonyl (C=O) groups is 1. The fourth-order valence-corrected chi connectivity index (χ4v) is 2.24. The van der Waals surface area contributed by atoms with Crippen LogP contribution < -0.4 is 10.5 Å². The Labute approximate surface area is 127 Å². The molecule has 0 amide bonds. The van der Waals surface area contributed by atoms with Gasteiger partial charge in [0.25, 0.3) is 0 Å². The van der Waals surface area contributed by atoms with E-state index in [1.807, 2.05) is 0 Å². The number of nitrogens with two attached hydrogens (primary N) is 1. The summed E-state index contributed by atoms with van der Waals surface area (Å²) in [4.78, 5) is 12.3. The molecule has 2 aromatic rings. The van der Waals surface area contributed by atoms with Crippen LogP contribution in [0.5, 0.6) is 5.75 Å². The van der Waals surface area contributed by atoms with Gasteiger partial charge in [-0.3, -0.25) is 4.79 Å². The zero-order chi connectivity index (χ0) is 14.7. The lowest BCUT2D eigenvalue weighted by atomic mass is 10.0. The molecule has 0 unspecified atom stereocenters. The zero-order valence-electron chi connectivity index (χ0n) is 10.8. The molecule has 0 fully saturated rings. The summed E-state index contributed by atoms with van der Waals surface area (Å²) in [5, 5.41) is 0.929. The molecule has 0 aliphatic heterocycles. The minimum atomic E-state index is -0.0764. The minimum Gasteiger partial charge on any atom is -0.496 e. The molecule has 0 heterocycles. The van der Waals surface area contributed by atoms with Crippen LogP contribution in [0.1, 0.15) is 15.9 Å². The van der Waals surface area contributed by atoms with E-state index in [1.165, 1.54) is 0 Å². The molecule has 2 rings (SSSR count). The molecule has 0 radical (unpaired) electrons. The lowest BCUT2D eigenvalue weighted by Gasteiger charge is -2.09. The monoisotopic (exact) mass is 309 g/mol. The van der Waals surface area contributed by atoms with Crippen LogP contribution in [-0.2, 0) is 6.42 Å². The highest BCUT2D eigenvalue weighted by molar-refractivity contribution is 6.33. The van der Waals surface area contributed by atoms with Crippen LogP contribution in [0.2, 0.25) is 10.0 Å². The topological polar surface area (TPSA) is 52.3 Å². The first kappa shape index (κ1) is 14.7. The number of carbonyl (C=O) groups excluding carboxylic acids is 1. The predicted molar refractivity (Wildman–Crippen MR) is 81.9 cm³/mol. The lowest BCUT2D eigenvalue weighted by Crippen LogP contribution is -2.05. The van der Waals surface area contributed by atoms with Crippen molar-refractivity contribution in [3.05, 3.63) is 57.6 Å². The van der Waals surface area contributed by atoms with Crippen LogP contribution >= 0.6 is 23.2 Å². The Kier molecular flexibility index (Phi) is 4.53. The fourth-order valence-electron chi connectivity index (χ4n) is 1.86. The minimum absolute atomic E-state index is 0.0764. The van der Waals surface area contributed by atoms with E-state index in [0.29, 0.717) is 27.0 Å². The molecule has 0 bridgehead atoms. The van der Waals surface area contributed by atoms with Crippen molar-refractivity contribution in [1.29, 1.82) is 0 Å². The van der Waals surface area contributed by atoms with E-state index in [2.05, 4.69) is 0 Å². The first-order chi connectivity index (χ1) is 9.51. The van der Waals surface area contributed by atoms with Crippen molar-refractivity contribution in [2.75, 3.05) is 12.8 Å². The molecule has 0 saturated carbocycles. The highest BCUT2D eigenvalue weighted by atomic mass is 35.5. The first-order valence-electron chi connectivity index (χ1n) is 5.92. The number of ketones is 1. The van der Waals surface area contributed by atoms with Crippen LogP contribution in [0, 0.1) is 0 Å². The third-order valence-electron chi connectivity index (χ3n) is 2.92. The third-order valence-corrected chi connectivity index (χ3v) is 3.48. The lowest BCUT2D eigenvalue weighted by molar-refractivity contribution is 0.0992. The largest absolute Gasteiger partial charge is 0.496 e. The quantitative estimate of drug-likeness (QED) is 0.686. The Balaban J connectivity index is 2.27. The number of benzene rings is 2. The van der Waals surface area contributed by atoms with Crippen molar-refractivity contribution < 1.29 is 9.53 Å². The number of hydrogen-bond donors (Lipinski definition) is 1. The van der Waals surface area contributed by atoms with Gasteiger partial charge in [0, 0.05) is 22.6 Å². The van der Waals surface area contributed by atoms with Gasteiger partial charge in [-0.05, 0) is 36.4 Å². The van der Waals surface area contributed by atoms with E-state index in [0.717, 1.165) is 5.56 Å². The normalized spacial score (nSPS) is 10.3. The Bertz CT molecular complexity index is 656. The summed E-state index contributed by atoms with van der Waals surface area (Å²) in [6, 6.07) is 10.0. The zero-order valence-corrected chi connectivity index (χ0v) is 12.3. The summed E-state index contributed by atoms with van der Waals surface area (Å²) in [6.07, 6.45) is 0.185. The van der Waals surface area contributed by atoms with Crippen molar-refractivity contribution in [2.45, 2.75) is 6.42 Å². The molecular formula is C15H13Cl2NO2. The average Bonchev–Trinajstić information content (AvgIpc) is 2.42. The summed E-state index contributed by atoms with van der Waals surface area (Å²) >= 11 is 11.9. The molecule has 0 aliphatic carbocycles. The van der Waals surface area contributed by atoms with Gasteiger partial charge in [0.2, 0.25) is 0 Å². The number of anilines is 1. The van der Waals surface area contributed by atoms with Gasteiger partial charge in [-0.25, -0.2) is 0 Å². The van der Waals surface area contributed by atoms with Crippen LogP contribution in [0.3, 0.4) is 0 Å². The second-order valence-electron chi connectivity index (χ2n) is 4.29.